The van der Waals surface area contributed by atoms with Crippen molar-refractivity contribution < 1.29 is 13.9 Å². The number of aromatic nitrogens is 2. The van der Waals surface area contributed by atoms with Crippen molar-refractivity contribution in [3.63, 3.8) is 0 Å². The highest BCUT2D eigenvalue weighted by atomic mass is 19.1. The van der Waals surface area contributed by atoms with Gasteiger partial charge in [-0.25, -0.2) is 14.4 Å². The quantitative estimate of drug-likeness (QED) is 0.910. The molecule has 0 unspecified atom stereocenters. The summed E-state index contributed by atoms with van der Waals surface area (Å²) in [5.74, 6) is 0.477. The third-order valence-electron chi connectivity index (χ3n) is 3.22. The first-order chi connectivity index (χ1) is 9.58. The van der Waals surface area contributed by atoms with Gasteiger partial charge in [-0.2, -0.15) is 0 Å². The van der Waals surface area contributed by atoms with Gasteiger partial charge in [0.05, 0.1) is 13.5 Å². The van der Waals surface area contributed by atoms with Gasteiger partial charge in [-0.15, -0.1) is 0 Å². The summed E-state index contributed by atoms with van der Waals surface area (Å²) in [4.78, 5) is 20.0. The maximum Gasteiger partial charge on any atom is 0.230 e. The third kappa shape index (κ3) is 1.99. The van der Waals surface area contributed by atoms with Gasteiger partial charge in [-0.3, -0.25) is 4.79 Å². The number of amides is 1. The van der Waals surface area contributed by atoms with E-state index >= 15 is 0 Å². The molecule has 0 atom stereocenters. The molecule has 102 valence electrons. The van der Waals surface area contributed by atoms with E-state index in [1.807, 2.05) is 6.92 Å². The number of nitrogens with zero attached hydrogens (tertiary/aromatic N) is 2. The highest BCUT2D eigenvalue weighted by Crippen LogP contribution is 2.28. The van der Waals surface area contributed by atoms with E-state index in [2.05, 4.69) is 15.3 Å². The van der Waals surface area contributed by atoms with Crippen LogP contribution >= 0.6 is 0 Å². The Labute approximate surface area is 114 Å². The highest BCUT2D eigenvalue weighted by molar-refractivity contribution is 5.98. The van der Waals surface area contributed by atoms with E-state index in [0.717, 1.165) is 11.3 Å². The van der Waals surface area contributed by atoms with Gasteiger partial charge in [0.1, 0.15) is 5.82 Å². The molecule has 5 nitrogen and oxygen atoms in total. The van der Waals surface area contributed by atoms with E-state index in [1.54, 1.807) is 6.07 Å². The molecule has 1 aliphatic heterocycles. The first-order valence-electron chi connectivity index (χ1n) is 6.10. The van der Waals surface area contributed by atoms with Crippen LogP contribution in [0.15, 0.2) is 18.2 Å². The molecule has 0 radical (unpaired) electrons. The molecule has 1 aliphatic rings. The zero-order chi connectivity index (χ0) is 14.3. The average molecular weight is 273 g/mol. The molecule has 2 aromatic rings. The van der Waals surface area contributed by atoms with Gasteiger partial charge >= 0.3 is 0 Å². The van der Waals surface area contributed by atoms with Crippen LogP contribution in [0.3, 0.4) is 0 Å². The van der Waals surface area contributed by atoms with E-state index in [9.17, 15) is 9.18 Å². The normalized spacial score (nSPS) is 13.1. The average Bonchev–Trinajstić information content (AvgIpc) is 2.79. The largest absolute Gasteiger partial charge is 0.494 e. The van der Waals surface area contributed by atoms with E-state index < -0.39 is 5.82 Å². The summed E-state index contributed by atoms with van der Waals surface area (Å²) < 4.78 is 18.6. The molecule has 0 spiro atoms. The Balaban J connectivity index is 2.08. The lowest BCUT2D eigenvalue weighted by Crippen LogP contribution is -2.04. The molecular formula is C14H12FN3O2. The molecule has 20 heavy (non-hydrogen) atoms. The second-order valence-electron chi connectivity index (χ2n) is 4.53. The maximum atomic E-state index is 13.7. The van der Waals surface area contributed by atoms with Crippen molar-refractivity contribution in [3.8, 4) is 17.1 Å². The molecule has 0 fully saturated rings. The second-order valence-corrected chi connectivity index (χ2v) is 4.53. The van der Waals surface area contributed by atoms with E-state index in [4.69, 9.17) is 4.74 Å². The molecule has 1 amide bonds. The van der Waals surface area contributed by atoms with E-state index in [0.29, 0.717) is 23.6 Å². The highest BCUT2D eigenvalue weighted by Gasteiger charge is 2.23. The van der Waals surface area contributed by atoms with Crippen LogP contribution in [0.4, 0.5) is 10.2 Å². The van der Waals surface area contributed by atoms with Crippen LogP contribution in [-0.2, 0) is 11.2 Å². The van der Waals surface area contributed by atoms with Crippen molar-refractivity contribution in [2.24, 2.45) is 0 Å². The van der Waals surface area contributed by atoms with Gasteiger partial charge in [0.2, 0.25) is 5.91 Å². The number of rotatable bonds is 2. The summed E-state index contributed by atoms with van der Waals surface area (Å²) in [7, 11) is 1.41. The van der Waals surface area contributed by atoms with Crippen molar-refractivity contribution in [2.75, 3.05) is 12.4 Å². The molecule has 0 aliphatic carbocycles. The SMILES string of the molecule is COc1ccc(-c2nc(C)c3c(n2)NC(=O)C3)cc1F. The van der Waals surface area contributed by atoms with Crippen LogP contribution < -0.4 is 10.1 Å². The first kappa shape index (κ1) is 12.5. The number of carbonyl (C=O) groups excluding carboxylic acids is 1. The zero-order valence-corrected chi connectivity index (χ0v) is 11.0. The summed E-state index contributed by atoms with van der Waals surface area (Å²) in [5.41, 5.74) is 2.06. The molecule has 1 aromatic carbocycles. The van der Waals surface area contributed by atoms with Crippen molar-refractivity contribution in [2.45, 2.75) is 13.3 Å². The first-order valence-corrected chi connectivity index (χ1v) is 6.10. The van der Waals surface area contributed by atoms with E-state index in [1.165, 1.54) is 19.2 Å². The second kappa shape index (κ2) is 4.56. The Bertz CT molecular complexity index is 716. The summed E-state index contributed by atoms with van der Waals surface area (Å²) in [6.45, 7) is 1.81. The van der Waals surface area contributed by atoms with Crippen LogP contribution in [-0.4, -0.2) is 23.0 Å². The number of hydrogen-bond acceptors (Lipinski definition) is 4. The summed E-state index contributed by atoms with van der Waals surface area (Å²) in [6, 6.07) is 4.52. The number of aryl methyl sites for hydroxylation is 1. The molecular weight excluding hydrogens is 261 g/mol. The summed E-state index contributed by atoms with van der Waals surface area (Å²) >= 11 is 0. The standard InChI is InChI=1S/C14H12FN3O2/c1-7-9-6-12(19)17-14(9)18-13(16-7)8-3-4-11(20-2)10(15)5-8/h3-5H,6H2,1-2H3,(H,16,17,18,19). The molecule has 3 rings (SSSR count). The number of ether oxygens (including phenoxy) is 1. The lowest BCUT2D eigenvalue weighted by Gasteiger charge is -2.07. The zero-order valence-electron chi connectivity index (χ0n) is 11.0. The van der Waals surface area contributed by atoms with Crippen molar-refractivity contribution in [1.82, 2.24) is 9.97 Å². The number of benzene rings is 1. The fourth-order valence-electron chi connectivity index (χ4n) is 2.18. The van der Waals surface area contributed by atoms with Crippen molar-refractivity contribution >= 4 is 11.7 Å². The van der Waals surface area contributed by atoms with Gasteiger partial charge in [0.15, 0.2) is 17.4 Å². The van der Waals surface area contributed by atoms with Gasteiger partial charge in [0.25, 0.3) is 0 Å². The van der Waals surface area contributed by atoms with Gasteiger partial charge in [-0.05, 0) is 25.1 Å². The number of nitrogens with one attached hydrogen (secondary N) is 1. The number of anilines is 1. The smallest absolute Gasteiger partial charge is 0.230 e. The fourth-order valence-corrected chi connectivity index (χ4v) is 2.18. The summed E-state index contributed by atoms with van der Waals surface area (Å²) in [5, 5.41) is 2.68. The molecule has 6 heteroatoms. The lowest BCUT2D eigenvalue weighted by molar-refractivity contribution is -0.115. The van der Waals surface area contributed by atoms with Crippen molar-refractivity contribution in [3.05, 3.63) is 35.3 Å². The van der Waals surface area contributed by atoms with Crippen LogP contribution in [0.5, 0.6) is 5.75 Å². The Morgan fingerprint density at radius 1 is 1.35 bits per heavy atom. The number of hydrogen-bond donors (Lipinski definition) is 1. The van der Waals surface area contributed by atoms with Crippen LogP contribution in [0.25, 0.3) is 11.4 Å². The van der Waals surface area contributed by atoms with Crippen molar-refractivity contribution in [1.29, 1.82) is 0 Å². The maximum absolute atomic E-state index is 13.7. The monoisotopic (exact) mass is 273 g/mol. The fraction of sp³-hybridized carbons (Fsp3) is 0.214. The predicted octanol–water partition coefficient (Wildman–Crippen LogP) is 2.09. The minimum Gasteiger partial charge on any atom is -0.494 e. The van der Waals surface area contributed by atoms with E-state index in [-0.39, 0.29) is 11.7 Å². The molecule has 0 bridgehead atoms. The van der Waals surface area contributed by atoms with Gasteiger partial charge in [0, 0.05) is 16.8 Å². The lowest BCUT2D eigenvalue weighted by atomic mass is 10.1. The molecule has 1 aromatic heterocycles. The Kier molecular flexibility index (Phi) is 2.85. The third-order valence-corrected chi connectivity index (χ3v) is 3.22. The number of methoxy groups -OCH3 is 1. The Morgan fingerprint density at radius 2 is 2.15 bits per heavy atom. The number of fused-ring (bicyclic) bond motifs is 1. The number of carbonyl (C=O) groups is 1. The Morgan fingerprint density at radius 3 is 2.85 bits per heavy atom. The minimum atomic E-state index is -0.476. The molecule has 0 saturated carbocycles. The van der Waals surface area contributed by atoms with Gasteiger partial charge in [-0.1, -0.05) is 0 Å². The molecule has 2 heterocycles. The minimum absolute atomic E-state index is 0.101. The molecule has 0 saturated heterocycles. The predicted molar refractivity (Wildman–Crippen MR) is 71.0 cm³/mol. The summed E-state index contributed by atoms with van der Waals surface area (Å²) in [6.07, 6.45) is 0.290. The van der Waals surface area contributed by atoms with Crippen LogP contribution in [0, 0.1) is 12.7 Å². The Hall–Kier alpha value is -2.50. The topological polar surface area (TPSA) is 64.1 Å². The van der Waals surface area contributed by atoms with Gasteiger partial charge < -0.3 is 10.1 Å². The molecule has 1 N–H and O–H groups in total. The van der Waals surface area contributed by atoms with Crippen LogP contribution in [0.2, 0.25) is 0 Å². The van der Waals surface area contributed by atoms with Crippen LogP contribution in [0.1, 0.15) is 11.3 Å². The number of halogens is 1.